The van der Waals surface area contributed by atoms with Gasteiger partial charge in [0.25, 0.3) is 0 Å². The lowest BCUT2D eigenvalue weighted by atomic mass is 9.89. The Bertz CT molecular complexity index is 3470. The molecule has 0 fully saturated rings. The molecule has 3 aromatic heterocycles. The normalized spacial score (nSPS) is 12.2. The maximum atomic E-state index is 7.03. The lowest BCUT2D eigenvalue weighted by molar-refractivity contribution is 0.477. The van der Waals surface area contributed by atoms with E-state index in [1.165, 1.54) is 0 Å². The number of benzene rings is 9. The molecule has 5 nitrogen and oxygen atoms in total. The fourth-order valence-corrected chi connectivity index (χ4v) is 9.29. The molecule has 0 N–H and O–H groups in total. The molecule has 0 spiro atoms. The van der Waals surface area contributed by atoms with Crippen molar-refractivity contribution in [3.8, 4) is 67.5 Å². The summed E-state index contributed by atoms with van der Waals surface area (Å²) in [6.07, 6.45) is 0. The van der Waals surface area contributed by atoms with Crippen LogP contribution in [-0.4, -0.2) is 0 Å². The number of anilines is 3. The molecule has 63 heavy (non-hydrogen) atoms. The van der Waals surface area contributed by atoms with E-state index in [0.717, 1.165) is 117 Å². The Hall–Kier alpha value is -8.54. The van der Waals surface area contributed by atoms with Gasteiger partial charge in [-0.05, 0) is 95.6 Å². The number of ether oxygens (including phenoxy) is 1. The van der Waals surface area contributed by atoms with Gasteiger partial charge < -0.3 is 22.9 Å². The van der Waals surface area contributed by atoms with Crippen molar-refractivity contribution in [3.05, 3.63) is 212 Å². The van der Waals surface area contributed by atoms with E-state index >= 15 is 0 Å². The highest BCUT2D eigenvalue weighted by Gasteiger charge is 2.32. The molecule has 1 aliphatic rings. The Labute approximate surface area is 362 Å². The van der Waals surface area contributed by atoms with Crippen LogP contribution in [0.2, 0.25) is 0 Å². The van der Waals surface area contributed by atoms with Crippen LogP contribution in [0.25, 0.3) is 99.9 Å². The number of nitrogens with zero attached hydrogens (tertiary/aromatic N) is 1. The fraction of sp³-hybridized carbons (Fsp3) is 0. The van der Waals surface area contributed by atoms with Gasteiger partial charge in [0.15, 0.2) is 11.5 Å². The van der Waals surface area contributed by atoms with E-state index in [0.29, 0.717) is 11.5 Å². The summed E-state index contributed by atoms with van der Waals surface area (Å²) >= 11 is 0. The first-order valence-electron chi connectivity index (χ1n) is 21.1. The Morgan fingerprint density at radius 1 is 0.317 bits per heavy atom. The molecule has 13 rings (SSSR count). The van der Waals surface area contributed by atoms with E-state index in [1.54, 1.807) is 0 Å². The highest BCUT2D eigenvalue weighted by Crippen LogP contribution is 2.57. The van der Waals surface area contributed by atoms with Crippen molar-refractivity contribution in [2.75, 3.05) is 4.90 Å². The van der Waals surface area contributed by atoms with Crippen LogP contribution in [0, 0.1) is 0 Å². The van der Waals surface area contributed by atoms with Crippen molar-refractivity contribution in [1.82, 2.24) is 0 Å². The summed E-state index contributed by atoms with van der Waals surface area (Å²) in [5.74, 6) is 2.96. The van der Waals surface area contributed by atoms with E-state index in [1.807, 2.05) is 48.5 Å². The summed E-state index contributed by atoms with van der Waals surface area (Å²) in [5, 5.41) is 4.29. The highest BCUT2D eigenvalue weighted by molar-refractivity contribution is 6.11. The average Bonchev–Trinajstić information content (AvgIpc) is 4.09. The summed E-state index contributed by atoms with van der Waals surface area (Å²) in [5.41, 5.74) is 14.4. The minimum absolute atomic E-state index is 0.705. The van der Waals surface area contributed by atoms with Crippen molar-refractivity contribution in [1.29, 1.82) is 0 Å². The monoisotopic (exact) mass is 809 g/mol. The topological polar surface area (TPSA) is 51.9 Å². The molecule has 4 heterocycles. The zero-order chi connectivity index (χ0) is 41.4. The van der Waals surface area contributed by atoms with Crippen LogP contribution in [0.5, 0.6) is 11.5 Å². The first-order valence-corrected chi connectivity index (χ1v) is 21.1. The second-order valence-corrected chi connectivity index (χ2v) is 16.0. The number of rotatable bonds is 6. The van der Waals surface area contributed by atoms with Crippen molar-refractivity contribution in [3.63, 3.8) is 0 Å². The summed E-state index contributed by atoms with van der Waals surface area (Å²) in [6, 6.07) is 73.8. The summed E-state index contributed by atoms with van der Waals surface area (Å²) in [4.78, 5) is 2.37. The number of furan rings is 3. The third kappa shape index (κ3) is 5.78. The van der Waals surface area contributed by atoms with E-state index in [9.17, 15) is 0 Å². The molecule has 12 aromatic rings. The van der Waals surface area contributed by atoms with Gasteiger partial charge in [0.1, 0.15) is 33.9 Å². The van der Waals surface area contributed by atoms with Crippen LogP contribution in [0.4, 0.5) is 17.1 Å². The Balaban J connectivity index is 1.09. The second kappa shape index (κ2) is 14.0. The molecule has 0 radical (unpaired) electrons. The van der Waals surface area contributed by atoms with Crippen LogP contribution < -0.4 is 9.64 Å². The van der Waals surface area contributed by atoms with Gasteiger partial charge in [0.05, 0.1) is 17.1 Å². The molecule has 0 saturated heterocycles. The molecule has 0 saturated carbocycles. The zero-order valence-corrected chi connectivity index (χ0v) is 33.8. The molecule has 0 bridgehead atoms. The Kier molecular flexibility index (Phi) is 7.84. The Morgan fingerprint density at radius 3 is 1.40 bits per heavy atom. The van der Waals surface area contributed by atoms with Crippen LogP contribution in [0.3, 0.4) is 0 Å². The zero-order valence-electron chi connectivity index (χ0n) is 33.8. The van der Waals surface area contributed by atoms with E-state index in [2.05, 4.69) is 169 Å². The fourth-order valence-electron chi connectivity index (χ4n) is 9.29. The van der Waals surface area contributed by atoms with Crippen molar-refractivity contribution >= 4 is 60.9 Å². The number of para-hydroxylation sites is 4. The maximum Gasteiger partial charge on any atom is 0.152 e. The second-order valence-electron chi connectivity index (χ2n) is 16.0. The Morgan fingerprint density at radius 2 is 0.825 bits per heavy atom. The van der Waals surface area contributed by atoms with Crippen molar-refractivity contribution in [2.24, 2.45) is 0 Å². The number of fused-ring (bicyclic) bond motifs is 7. The predicted molar refractivity (Wildman–Crippen MR) is 255 cm³/mol. The van der Waals surface area contributed by atoms with Crippen LogP contribution in [-0.2, 0) is 0 Å². The SMILES string of the molecule is c1ccc(-c2cc(-c3cccc4c3oc3ccccc34)cc(-c3ccccc3)c2N2c3ccc(-c4cc5ccccc5o4)cc3Oc3cc(-c4cc5ccccc5o4)ccc32)cc1. The molecule has 0 unspecified atom stereocenters. The lowest BCUT2D eigenvalue weighted by Gasteiger charge is -2.36. The molecule has 0 amide bonds. The van der Waals surface area contributed by atoms with Gasteiger partial charge in [0, 0.05) is 49.4 Å². The minimum atomic E-state index is 0.705. The van der Waals surface area contributed by atoms with Gasteiger partial charge in [0.2, 0.25) is 0 Å². The summed E-state index contributed by atoms with van der Waals surface area (Å²) < 4.78 is 26.5. The molecule has 5 heteroatoms. The van der Waals surface area contributed by atoms with Gasteiger partial charge in [-0.1, -0.05) is 133 Å². The summed E-state index contributed by atoms with van der Waals surface area (Å²) in [7, 11) is 0. The van der Waals surface area contributed by atoms with Gasteiger partial charge >= 0.3 is 0 Å². The van der Waals surface area contributed by atoms with Crippen LogP contribution >= 0.6 is 0 Å². The van der Waals surface area contributed by atoms with Crippen LogP contribution in [0.15, 0.2) is 226 Å². The lowest BCUT2D eigenvalue weighted by Crippen LogP contribution is -2.18. The smallest absolute Gasteiger partial charge is 0.152 e. The molecule has 0 atom stereocenters. The van der Waals surface area contributed by atoms with Gasteiger partial charge in [-0.15, -0.1) is 0 Å². The van der Waals surface area contributed by atoms with Gasteiger partial charge in [-0.25, -0.2) is 0 Å². The van der Waals surface area contributed by atoms with Crippen molar-refractivity contribution < 1.29 is 18.0 Å². The average molecular weight is 810 g/mol. The largest absolute Gasteiger partial charge is 0.456 e. The highest BCUT2D eigenvalue weighted by atomic mass is 16.5. The summed E-state index contributed by atoms with van der Waals surface area (Å²) in [6.45, 7) is 0. The molecule has 0 aliphatic carbocycles. The van der Waals surface area contributed by atoms with E-state index in [4.69, 9.17) is 18.0 Å². The maximum absolute atomic E-state index is 7.03. The third-order valence-electron chi connectivity index (χ3n) is 12.3. The van der Waals surface area contributed by atoms with E-state index in [-0.39, 0.29) is 0 Å². The molecular formula is C58H35NO4. The third-order valence-corrected chi connectivity index (χ3v) is 12.3. The standard InChI is InChI=1S/C58H35NO4/c1-3-14-36(15-4-1)46-30-42(43-21-13-22-45-44-20-9-12-25-52(44)63-58(43)45)31-47(37-16-5-2-6-17-37)57(46)59-48-28-26-40(53-32-38-18-7-10-23-50(38)60-53)34-55(48)62-56-35-41(27-29-49(56)59)54-33-39-19-8-11-24-51(39)61-54/h1-35H. The molecule has 296 valence electrons. The first kappa shape index (κ1) is 35.2. The van der Waals surface area contributed by atoms with Gasteiger partial charge in [-0.2, -0.15) is 0 Å². The number of hydrogen-bond donors (Lipinski definition) is 0. The molecule has 9 aromatic carbocycles. The van der Waals surface area contributed by atoms with Gasteiger partial charge in [-0.3, -0.25) is 0 Å². The minimum Gasteiger partial charge on any atom is -0.456 e. The van der Waals surface area contributed by atoms with Crippen LogP contribution in [0.1, 0.15) is 0 Å². The number of hydrogen-bond acceptors (Lipinski definition) is 5. The quantitative estimate of drug-likeness (QED) is 0.167. The predicted octanol–water partition coefficient (Wildman–Crippen LogP) is 17.0. The molecular weight excluding hydrogens is 775 g/mol. The van der Waals surface area contributed by atoms with E-state index < -0.39 is 0 Å². The van der Waals surface area contributed by atoms with Crippen molar-refractivity contribution in [2.45, 2.75) is 0 Å². The molecule has 1 aliphatic heterocycles. The first-order chi connectivity index (χ1) is 31.2.